The van der Waals surface area contributed by atoms with Crippen LogP contribution in [-0.2, 0) is 16.4 Å². The Bertz CT molecular complexity index is 545. The van der Waals surface area contributed by atoms with Gasteiger partial charge in [-0.15, -0.1) is 0 Å². The Morgan fingerprint density at radius 2 is 2.11 bits per heavy atom. The maximum absolute atomic E-state index is 13.5. The second-order valence-electron chi connectivity index (χ2n) is 4.65. The van der Waals surface area contributed by atoms with E-state index in [0.717, 1.165) is 6.07 Å². The fourth-order valence-corrected chi connectivity index (χ4v) is 3.78. The lowest BCUT2D eigenvalue weighted by atomic mass is 10.1. The summed E-state index contributed by atoms with van der Waals surface area (Å²) in [6.45, 7) is 2.38. The van der Waals surface area contributed by atoms with Crippen LogP contribution in [0, 0.1) is 11.6 Å². The van der Waals surface area contributed by atoms with Crippen LogP contribution in [0.4, 0.5) is 8.78 Å². The average Bonchev–Trinajstić information content (AvgIpc) is 2.27. The predicted molar refractivity (Wildman–Crippen MR) is 64.9 cm³/mol. The van der Waals surface area contributed by atoms with Gasteiger partial charge in [0, 0.05) is 24.7 Å². The van der Waals surface area contributed by atoms with E-state index in [4.69, 9.17) is 0 Å². The first-order chi connectivity index (χ1) is 8.39. The van der Waals surface area contributed by atoms with Crippen LogP contribution in [0.5, 0.6) is 0 Å². The molecule has 1 aliphatic rings. The van der Waals surface area contributed by atoms with E-state index in [9.17, 15) is 17.2 Å². The molecule has 1 aromatic carbocycles. The normalized spacial score (nSPS) is 24.1. The van der Waals surface area contributed by atoms with Crippen LogP contribution in [-0.4, -0.2) is 37.4 Å². The molecule has 1 aliphatic heterocycles. The maximum Gasteiger partial charge on any atom is 0.163 e. The molecule has 0 N–H and O–H groups in total. The molecule has 18 heavy (non-hydrogen) atoms. The lowest BCUT2D eigenvalue weighted by Gasteiger charge is -2.33. The first kappa shape index (κ1) is 13.4. The molecule has 0 spiro atoms. The number of nitrogens with zero attached hydrogens (tertiary/aromatic N) is 1. The van der Waals surface area contributed by atoms with Crippen molar-refractivity contribution < 1.29 is 17.2 Å². The van der Waals surface area contributed by atoms with Crippen molar-refractivity contribution in [2.24, 2.45) is 0 Å². The summed E-state index contributed by atoms with van der Waals surface area (Å²) in [6.07, 6.45) is 0. The van der Waals surface area contributed by atoms with Gasteiger partial charge in [0.1, 0.15) is 0 Å². The van der Waals surface area contributed by atoms with Gasteiger partial charge in [-0.3, -0.25) is 4.90 Å². The van der Waals surface area contributed by atoms with Gasteiger partial charge < -0.3 is 0 Å². The summed E-state index contributed by atoms with van der Waals surface area (Å²) in [5.41, 5.74) is 0.265. The number of rotatable bonds is 2. The minimum Gasteiger partial charge on any atom is -0.294 e. The first-order valence-electron chi connectivity index (χ1n) is 5.76. The Kier molecular flexibility index (Phi) is 3.68. The molecule has 1 atom stereocenters. The summed E-state index contributed by atoms with van der Waals surface area (Å²) in [6, 6.07) is 3.88. The van der Waals surface area contributed by atoms with Crippen molar-refractivity contribution in [3.8, 4) is 0 Å². The van der Waals surface area contributed by atoms with Crippen LogP contribution in [0.25, 0.3) is 0 Å². The Hall–Kier alpha value is -1.01. The van der Waals surface area contributed by atoms with Gasteiger partial charge in [0.15, 0.2) is 21.5 Å². The van der Waals surface area contributed by atoms with E-state index in [0.29, 0.717) is 6.54 Å². The third kappa shape index (κ3) is 2.87. The van der Waals surface area contributed by atoms with Gasteiger partial charge in [-0.1, -0.05) is 12.1 Å². The van der Waals surface area contributed by atoms with Crippen molar-refractivity contribution in [1.29, 1.82) is 0 Å². The second kappa shape index (κ2) is 4.93. The molecule has 1 aromatic rings. The van der Waals surface area contributed by atoms with Gasteiger partial charge in [0.2, 0.25) is 0 Å². The van der Waals surface area contributed by atoms with Crippen molar-refractivity contribution in [1.82, 2.24) is 4.90 Å². The summed E-state index contributed by atoms with van der Waals surface area (Å²) in [7, 11) is -2.98. The summed E-state index contributed by atoms with van der Waals surface area (Å²) in [4.78, 5) is 1.86. The SMILES string of the molecule is C[C@@H]1CS(=O)(=O)CCN1Cc1cccc(F)c1F. The standard InChI is InChI=1S/C12H15F2NO2S/c1-9-8-18(16,17)6-5-15(9)7-10-3-2-4-11(13)12(10)14/h2-4,9H,5-8H2,1H3/t9-/m1/s1. The molecular formula is C12H15F2NO2S. The van der Waals surface area contributed by atoms with E-state index in [1.807, 2.05) is 4.90 Å². The van der Waals surface area contributed by atoms with Gasteiger partial charge in [0.25, 0.3) is 0 Å². The van der Waals surface area contributed by atoms with Crippen molar-refractivity contribution in [2.45, 2.75) is 19.5 Å². The maximum atomic E-state index is 13.5. The van der Waals surface area contributed by atoms with E-state index in [2.05, 4.69) is 0 Å². The molecule has 0 aliphatic carbocycles. The number of benzene rings is 1. The minimum absolute atomic E-state index is 0.0733. The average molecular weight is 275 g/mol. The molecule has 1 saturated heterocycles. The molecular weight excluding hydrogens is 260 g/mol. The molecule has 3 nitrogen and oxygen atoms in total. The van der Waals surface area contributed by atoms with Gasteiger partial charge in [-0.2, -0.15) is 0 Å². The molecule has 6 heteroatoms. The van der Waals surface area contributed by atoms with Gasteiger partial charge >= 0.3 is 0 Å². The van der Waals surface area contributed by atoms with Crippen molar-refractivity contribution in [3.05, 3.63) is 35.4 Å². The van der Waals surface area contributed by atoms with Crippen LogP contribution in [0.3, 0.4) is 0 Å². The fourth-order valence-electron chi connectivity index (χ4n) is 2.16. The highest BCUT2D eigenvalue weighted by atomic mass is 32.2. The molecule has 2 rings (SSSR count). The monoisotopic (exact) mass is 275 g/mol. The molecule has 0 amide bonds. The van der Waals surface area contributed by atoms with Crippen LogP contribution in [0.1, 0.15) is 12.5 Å². The van der Waals surface area contributed by atoms with Crippen molar-refractivity contribution in [3.63, 3.8) is 0 Å². The smallest absolute Gasteiger partial charge is 0.163 e. The Morgan fingerprint density at radius 1 is 1.39 bits per heavy atom. The predicted octanol–water partition coefficient (Wildman–Crippen LogP) is 1.58. The van der Waals surface area contributed by atoms with E-state index in [-0.39, 0.29) is 29.7 Å². The quantitative estimate of drug-likeness (QED) is 0.822. The topological polar surface area (TPSA) is 37.4 Å². The summed E-state index contributed by atoms with van der Waals surface area (Å²) < 4.78 is 49.4. The zero-order valence-electron chi connectivity index (χ0n) is 10.1. The summed E-state index contributed by atoms with van der Waals surface area (Å²) in [5, 5.41) is 0. The molecule has 0 unspecified atom stereocenters. The van der Waals surface area contributed by atoms with Crippen molar-refractivity contribution >= 4 is 9.84 Å². The Labute approximate surface area is 105 Å². The van der Waals surface area contributed by atoms with Crippen molar-refractivity contribution in [2.75, 3.05) is 18.1 Å². The zero-order valence-corrected chi connectivity index (χ0v) is 10.9. The second-order valence-corrected chi connectivity index (χ2v) is 6.88. The van der Waals surface area contributed by atoms with E-state index in [1.54, 1.807) is 6.92 Å². The van der Waals surface area contributed by atoms with Crippen LogP contribution < -0.4 is 0 Å². The lowest BCUT2D eigenvalue weighted by molar-refractivity contribution is 0.214. The minimum atomic E-state index is -2.98. The van der Waals surface area contributed by atoms with Gasteiger partial charge in [0.05, 0.1) is 11.5 Å². The Morgan fingerprint density at radius 3 is 2.78 bits per heavy atom. The molecule has 1 heterocycles. The summed E-state index contributed by atoms with van der Waals surface area (Å²) >= 11 is 0. The molecule has 1 fully saturated rings. The number of hydrogen-bond donors (Lipinski definition) is 0. The van der Waals surface area contributed by atoms with Crippen LogP contribution in [0.15, 0.2) is 18.2 Å². The van der Waals surface area contributed by atoms with E-state index < -0.39 is 21.5 Å². The zero-order chi connectivity index (χ0) is 13.3. The highest BCUT2D eigenvalue weighted by Gasteiger charge is 2.28. The summed E-state index contributed by atoms with van der Waals surface area (Å²) in [5.74, 6) is -1.57. The van der Waals surface area contributed by atoms with Gasteiger partial charge in [-0.05, 0) is 13.0 Å². The largest absolute Gasteiger partial charge is 0.294 e. The Balaban J connectivity index is 2.13. The third-order valence-corrected chi connectivity index (χ3v) is 5.01. The molecule has 100 valence electrons. The fraction of sp³-hybridized carbons (Fsp3) is 0.500. The highest BCUT2D eigenvalue weighted by molar-refractivity contribution is 7.91. The molecule has 0 aromatic heterocycles. The van der Waals surface area contributed by atoms with Gasteiger partial charge in [-0.25, -0.2) is 17.2 Å². The third-order valence-electron chi connectivity index (χ3n) is 3.21. The molecule has 0 radical (unpaired) electrons. The van der Waals surface area contributed by atoms with Crippen LogP contribution >= 0.6 is 0 Å². The van der Waals surface area contributed by atoms with E-state index >= 15 is 0 Å². The van der Waals surface area contributed by atoms with E-state index in [1.165, 1.54) is 12.1 Å². The lowest BCUT2D eigenvalue weighted by Crippen LogP contribution is -2.46. The molecule has 0 saturated carbocycles. The van der Waals surface area contributed by atoms with Crippen LogP contribution in [0.2, 0.25) is 0 Å². The number of halogens is 2. The highest BCUT2D eigenvalue weighted by Crippen LogP contribution is 2.18. The number of hydrogen-bond acceptors (Lipinski definition) is 3. The number of sulfone groups is 1. The molecule has 0 bridgehead atoms. The first-order valence-corrected chi connectivity index (χ1v) is 7.58.